The maximum Gasteiger partial charge on any atom is 0.244 e. The number of hydrogen-bond acceptors (Lipinski definition) is 3. The molecule has 0 aliphatic carbocycles. The Morgan fingerprint density at radius 1 is 1.33 bits per heavy atom. The maximum atomic E-state index is 12.0. The Hall–Kier alpha value is -2.41. The van der Waals surface area contributed by atoms with E-state index in [-0.39, 0.29) is 5.91 Å². The van der Waals surface area contributed by atoms with Gasteiger partial charge in [-0.25, -0.2) is 0 Å². The second-order valence-electron chi connectivity index (χ2n) is 4.57. The van der Waals surface area contributed by atoms with E-state index in [1.54, 1.807) is 26.1 Å². The van der Waals surface area contributed by atoms with Gasteiger partial charge in [-0.3, -0.25) is 9.78 Å². The first-order valence-electron chi connectivity index (χ1n) is 5.61. The van der Waals surface area contributed by atoms with Crippen LogP contribution in [0, 0.1) is 16.7 Å². The van der Waals surface area contributed by atoms with Crippen molar-refractivity contribution in [3.8, 4) is 6.07 Å². The number of nitrogens with zero attached hydrogens (tertiary/aromatic N) is 2. The van der Waals surface area contributed by atoms with Crippen molar-refractivity contribution >= 4 is 22.5 Å². The van der Waals surface area contributed by atoms with E-state index >= 15 is 0 Å². The molecule has 0 saturated heterocycles. The summed E-state index contributed by atoms with van der Waals surface area (Å²) in [5.41, 5.74) is 0.434. The highest BCUT2D eigenvalue weighted by atomic mass is 16.2. The lowest BCUT2D eigenvalue weighted by Gasteiger charge is -2.16. The molecule has 0 aliphatic rings. The van der Waals surface area contributed by atoms with E-state index in [2.05, 4.69) is 10.3 Å². The molecule has 4 nitrogen and oxygen atoms in total. The summed E-state index contributed by atoms with van der Waals surface area (Å²) in [6, 6.07) is 11.2. The van der Waals surface area contributed by atoms with E-state index in [1.165, 1.54) is 0 Å². The summed E-state index contributed by atoms with van der Waals surface area (Å²) < 4.78 is 0. The molecule has 0 saturated carbocycles. The molecule has 0 radical (unpaired) electrons. The molecule has 4 heteroatoms. The van der Waals surface area contributed by atoms with Gasteiger partial charge in [-0.15, -0.1) is 0 Å². The van der Waals surface area contributed by atoms with Crippen LogP contribution in [0.1, 0.15) is 13.8 Å². The molecule has 0 spiro atoms. The minimum absolute atomic E-state index is 0.318. The first-order chi connectivity index (χ1) is 8.54. The van der Waals surface area contributed by atoms with Gasteiger partial charge < -0.3 is 5.32 Å². The molecule has 1 aromatic heterocycles. The first kappa shape index (κ1) is 12.1. The van der Waals surface area contributed by atoms with Crippen LogP contribution in [0.5, 0.6) is 0 Å². The number of carbonyl (C=O) groups excluding carboxylic acids is 1. The molecule has 2 rings (SSSR count). The van der Waals surface area contributed by atoms with Gasteiger partial charge in [0.15, 0.2) is 0 Å². The second-order valence-corrected chi connectivity index (χ2v) is 4.57. The van der Waals surface area contributed by atoms with Crippen molar-refractivity contribution in [2.45, 2.75) is 13.8 Å². The lowest BCUT2D eigenvalue weighted by atomic mass is 9.94. The first-order valence-corrected chi connectivity index (χ1v) is 5.61. The van der Waals surface area contributed by atoms with Crippen LogP contribution in [0.25, 0.3) is 10.9 Å². The Balaban J connectivity index is 2.39. The third-order valence-corrected chi connectivity index (χ3v) is 2.74. The zero-order chi connectivity index (χ0) is 13.2. The fourth-order valence-electron chi connectivity index (χ4n) is 1.54. The van der Waals surface area contributed by atoms with Gasteiger partial charge in [-0.2, -0.15) is 5.26 Å². The van der Waals surface area contributed by atoms with E-state index in [1.807, 2.05) is 30.3 Å². The topological polar surface area (TPSA) is 65.8 Å². The number of hydrogen-bond donors (Lipinski definition) is 1. The normalized spacial score (nSPS) is 10.9. The van der Waals surface area contributed by atoms with Crippen molar-refractivity contribution in [1.82, 2.24) is 4.98 Å². The van der Waals surface area contributed by atoms with Gasteiger partial charge in [0.05, 0.1) is 17.3 Å². The Labute approximate surface area is 105 Å². The zero-order valence-corrected chi connectivity index (χ0v) is 10.3. The number of aromatic nitrogens is 1. The van der Waals surface area contributed by atoms with E-state index < -0.39 is 5.41 Å². The smallest absolute Gasteiger partial charge is 0.244 e. The minimum atomic E-state index is -1.05. The summed E-state index contributed by atoms with van der Waals surface area (Å²) in [6.45, 7) is 3.18. The lowest BCUT2D eigenvalue weighted by molar-refractivity contribution is -0.121. The van der Waals surface area contributed by atoms with Crippen molar-refractivity contribution in [2.24, 2.45) is 5.41 Å². The maximum absolute atomic E-state index is 12.0. The number of carbonyl (C=O) groups is 1. The van der Waals surface area contributed by atoms with Gasteiger partial charge in [0.2, 0.25) is 5.91 Å². The summed E-state index contributed by atoms with van der Waals surface area (Å²) in [7, 11) is 0. The van der Waals surface area contributed by atoms with E-state index in [4.69, 9.17) is 5.26 Å². The molecule has 2 aromatic rings. The molecule has 0 fully saturated rings. The highest BCUT2D eigenvalue weighted by molar-refractivity contribution is 6.03. The van der Waals surface area contributed by atoms with Gasteiger partial charge in [0.25, 0.3) is 0 Å². The molecule has 1 aromatic carbocycles. The summed E-state index contributed by atoms with van der Waals surface area (Å²) in [4.78, 5) is 16.2. The number of amides is 1. The van der Waals surface area contributed by atoms with Crippen LogP contribution < -0.4 is 5.32 Å². The van der Waals surface area contributed by atoms with Crippen molar-refractivity contribution in [1.29, 1.82) is 5.26 Å². The molecule has 18 heavy (non-hydrogen) atoms. The molecule has 0 unspecified atom stereocenters. The lowest BCUT2D eigenvalue weighted by Crippen LogP contribution is -2.29. The average molecular weight is 239 g/mol. The Morgan fingerprint density at radius 2 is 2.11 bits per heavy atom. The van der Waals surface area contributed by atoms with Crippen LogP contribution in [-0.4, -0.2) is 10.9 Å². The molecule has 1 N–H and O–H groups in total. The van der Waals surface area contributed by atoms with Crippen molar-refractivity contribution in [2.75, 3.05) is 5.32 Å². The molecule has 0 atom stereocenters. The molecule has 0 bridgehead atoms. The number of anilines is 1. The fourth-order valence-corrected chi connectivity index (χ4v) is 1.54. The highest BCUT2D eigenvalue weighted by Gasteiger charge is 2.27. The Morgan fingerprint density at radius 3 is 2.83 bits per heavy atom. The molecular formula is C14H13N3O. The standard InChI is InChI=1S/C14H13N3O/c1-14(2,9-15)13(18)17-12-7-3-6-11-10(12)5-4-8-16-11/h3-8H,1-2H3,(H,17,18). The van der Waals surface area contributed by atoms with Crippen LogP contribution in [0.3, 0.4) is 0 Å². The van der Waals surface area contributed by atoms with Gasteiger partial charge >= 0.3 is 0 Å². The third-order valence-electron chi connectivity index (χ3n) is 2.74. The summed E-state index contributed by atoms with van der Waals surface area (Å²) >= 11 is 0. The number of nitrogens with one attached hydrogen (secondary N) is 1. The number of benzene rings is 1. The van der Waals surface area contributed by atoms with E-state index in [0.29, 0.717) is 5.69 Å². The number of nitriles is 1. The molecule has 1 amide bonds. The van der Waals surface area contributed by atoms with Crippen LogP contribution in [0.15, 0.2) is 36.5 Å². The zero-order valence-electron chi connectivity index (χ0n) is 10.3. The third kappa shape index (κ3) is 2.16. The highest BCUT2D eigenvalue weighted by Crippen LogP contribution is 2.24. The van der Waals surface area contributed by atoms with Crippen molar-refractivity contribution < 1.29 is 4.79 Å². The SMILES string of the molecule is CC(C)(C#N)C(=O)Nc1cccc2ncccc12. The number of rotatable bonds is 2. The molecular weight excluding hydrogens is 226 g/mol. The Kier molecular flexibility index (Phi) is 2.99. The summed E-state index contributed by atoms with van der Waals surface area (Å²) in [6.07, 6.45) is 1.70. The largest absolute Gasteiger partial charge is 0.324 e. The van der Waals surface area contributed by atoms with E-state index in [0.717, 1.165) is 10.9 Å². The van der Waals surface area contributed by atoms with Crippen molar-refractivity contribution in [3.63, 3.8) is 0 Å². The molecule has 0 aliphatic heterocycles. The van der Waals surface area contributed by atoms with Gasteiger partial charge in [0, 0.05) is 11.6 Å². The Bertz CT molecular complexity index is 636. The summed E-state index contributed by atoms with van der Waals surface area (Å²) in [5, 5.41) is 12.6. The molecule has 1 heterocycles. The van der Waals surface area contributed by atoms with Crippen LogP contribution in [0.2, 0.25) is 0 Å². The molecule has 90 valence electrons. The van der Waals surface area contributed by atoms with E-state index in [9.17, 15) is 4.79 Å². The van der Waals surface area contributed by atoms with Crippen LogP contribution in [0.4, 0.5) is 5.69 Å². The second kappa shape index (κ2) is 4.46. The van der Waals surface area contributed by atoms with Crippen LogP contribution >= 0.6 is 0 Å². The van der Waals surface area contributed by atoms with Crippen molar-refractivity contribution in [3.05, 3.63) is 36.5 Å². The summed E-state index contributed by atoms with van der Waals surface area (Å²) in [5.74, 6) is -0.318. The predicted molar refractivity (Wildman–Crippen MR) is 69.8 cm³/mol. The minimum Gasteiger partial charge on any atom is -0.324 e. The van der Waals surface area contributed by atoms with Gasteiger partial charge in [-0.05, 0) is 38.1 Å². The van der Waals surface area contributed by atoms with Gasteiger partial charge in [-0.1, -0.05) is 6.07 Å². The predicted octanol–water partition coefficient (Wildman–Crippen LogP) is 2.72. The monoisotopic (exact) mass is 239 g/mol. The number of fused-ring (bicyclic) bond motifs is 1. The van der Waals surface area contributed by atoms with Gasteiger partial charge in [0.1, 0.15) is 5.41 Å². The number of pyridine rings is 1. The quantitative estimate of drug-likeness (QED) is 0.876. The van der Waals surface area contributed by atoms with Crippen LogP contribution in [-0.2, 0) is 4.79 Å². The fraction of sp³-hybridized carbons (Fsp3) is 0.214. The average Bonchev–Trinajstić information content (AvgIpc) is 2.39.